The van der Waals surface area contributed by atoms with Crippen molar-refractivity contribution in [1.29, 1.82) is 0 Å². The van der Waals surface area contributed by atoms with E-state index in [9.17, 15) is 22.9 Å². The number of allylic oxidation sites excluding steroid dienone is 1. The van der Waals surface area contributed by atoms with E-state index in [0.717, 1.165) is 11.1 Å². The Balaban J connectivity index is 0.00000392. The van der Waals surface area contributed by atoms with Gasteiger partial charge in [0.2, 0.25) is 0 Å². The molecule has 0 aliphatic carbocycles. The van der Waals surface area contributed by atoms with Crippen LogP contribution in [0, 0.1) is 5.92 Å². The molecule has 3 atom stereocenters. The number of hydrogen-bond acceptors (Lipinski definition) is 4. The molecule has 1 N–H and O–H groups in total. The minimum Gasteiger partial charge on any atom is -0.744 e. The van der Waals surface area contributed by atoms with E-state index in [0.29, 0.717) is 5.56 Å². The molecular formula is C21H23NaO5S. The maximum absolute atomic E-state index is 11.9. The summed E-state index contributed by atoms with van der Waals surface area (Å²) in [5, 5.41) is 9.76. The van der Waals surface area contributed by atoms with Crippen LogP contribution in [0.4, 0.5) is 0 Å². The minimum absolute atomic E-state index is 0. The van der Waals surface area contributed by atoms with Crippen LogP contribution in [-0.2, 0) is 14.9 Å². The summed E-state index contributed by atoms with van der Waals surface area (Å²) in [6.45, 7) is 5.59. The van der Waals surface area contributed by atoms with Gasteiger partial charge in [0, 0.05) is 0 Å². The molecule has 28 heavy (non-hydrogen) atoms. The van der Waals surface area contributed by atoms with Gasteiger partial charge in [-0.3, -0.25) is 4.79 Å². The normalized spacial score (nSPS) is 15.2. The number of carbonyl (C=O) groups is 1. The smallest absolute Gasteiger partial charge is 0.744 e. The number of hydrogen-bond donors (Lipinski definition) is 1. The van der Waals surface area contributed by atoms with Crippen molar-refractivity contribution in [1.82, 2.24) is 0 Å². The third-order valence-electron chi connectivity index (χ3n) is 4.79. The van der Waals surface area contributed by atoms with Crippen molar-refractivity contribution in [3.8, 4) is 0 Å². The summed E-state index contributed by atoms with van der Waals surface area (Å²) in [6, 6.07) is 15.2. The standard InChI is InChI=1S/C21H24O5S.Na/c1-14(17-7-5-4-6-8-17)13-15(2)20(21(22)23)16(3)18-9-11-19(12-10-18)27(24,25)26;/h4-14,16,20H,1-3H3,(H,22,23)(H,24,25,26);/q;+1/p-1. The summed E-state index contributed by atoms with van der Waals surface area (Å²) in [6.07, 6.45) is 1.95. The molecule has 0 spiro atoms. The second-order valence-electron chi connectivity index (χ2n) is 6.74. The summed E-state index contributed by atoms with van der Waals surface area (Å²) >= 11 is 0. The Kier molecular flexibility index (Phi) is 9.11. The molecule has 2 aromatic rings. The SMILES string of the molecule is CC(=CC(C)c1ccccc1)C(C(=O)O)C(C)c1ccc(S(=O)(=O)[O-])cc1.[Na+]. The fourth-order valence-electron chi connectivity index (χ4n) is 3.28. The Morgan fingerprint density at radius 3 is 2.00 bits per heavy atom. The molecule has 0 heterocycles. The van der Waals surface area contributed by atoms with Gasteiger partial charge in [-0.05, 0) is 42.0 Å². The van der Waals surface area contributed by atoms with Gasteiger partial charge in [0.25, 0.3) is 0 Å². The van der Waals surface area contributed by atoms with Crippen LogP contribution in [0.5, 0.6) is 0 Å². The largest absolute Gasteiger partial charge is 1.00 e. The zero-order valence-electron chi connectivity index (χ0n) is 16.5. The number of carboxylic acids is 1. The average Bonchev–Trinajstić information content (AvgIpc) is 2.61. The van der Waals surface area contributed by atoms with Crippen LogP contribution in [0.2, 0.25) is 0 Å². The number of aliphatic carboxylic acids is 1. The molecule has 0 amide bonds. The number of benzene rings is 2. The molecule has 2 aromatic carbocycles. The van der Waals surface area contributed by atoms with E-state index < -0.39 is 22.0 Å². The zero-order valence-corrected chi connectivity index (χ0v) is 19.3. The van der Waals surface area contributed by atoms with E-state index in [1.165, 1.54) is 24.3 Å². The Morgan fingerprint density at radius 1 is 1.00 bits per heavy atom. The van der Waals surface area contributed by atoms with Crippen molar-refractivity contribution in [2.24, 2.45) is 5.92 Å². The van der Waals surface area contributed by atoms with Crippen molar-refractivity contribution in [3.63, 3.8) is 0 Å². The Hall–Kier alpha value is -1.44. The first-order valence-corrected chi connectivity index (χ1v) is 10.0. The molecule has 0 saturated heterocycles. The van der Waals surface area contributed by atoms with Crippen LogP contribution >= 0.6 is 0 Å². The predicted octanol–water partition coefficient (Wildman–Crippen LogP) is 1.15. The first kappa shape index (κ1) is 24.6. The first-order valence-electron chi connectivity index (χ1n) is 8.63. The Bertz CT molecular complexity index is 921. The number of rotatable bonds is 7. The van der Waals surface area contributed by atoms with E-state index in [1.807, 2.05) is 43.3 Å². The van der Waals surface area contributed by atoms with E-state index in [-0.39, 0.29) is 46.3 Å². The summed E-state index contributed by atoms with van der Waals surface area (Å²) in [7, 11) is -4.52. The topological polar surface area (TPSA) is 94.5 Å². The Morgan fingerprint density at radius 2 is 1.54 bits per heavy atom. The van der Waals surface area contributed by atoms with Crippen LogP contribution in [0.15, 0.2) is 71.1 Å². The zero-order chi connectivity index (χ0) is 20.2. The maximum atomic E-state index is 11.9. The van der Waals surface area contributed by atoms with Crippen LogP contribution < -0.4 is 29.6 Å². The van der Waals surface area contributed by atoms with Gasteiger partial charge in [-0.25, -0.2) is 8.42 Å². The van der Waals surface area contributed by atoms with Gasteiger partial charge in [0.1, 0.15) is 10.1 Å². The molecule has 3 unspecified atom stereocenters. The summed E-state index contributed by atoms with van der Waals surface area (Å²) in [5.74, 6) is -2.03. The third kappa shape index (κ3) is 6.29. The molecular weight excluding hydrogens is 387 g/mol. The predicted molar refractivity (Wildman–Crippen MR) is 103 cm³/mol. The van der Waals surface area contributed by atoms with Crippen LogP contribution in [-0.4, -0.2) is 24.0 Å². The molecule has 144 valence electrons. The number of carboxylic acid groups (broad SMARTS) is 1. The monoisotopic (exact) mass is 410 g/mol. The van der Waals surface area contributed by atoms with Gasteiger partial charge in [0.15, 0.2) is 0 Å². The summed E-state index contributed by atoms with van der Waals surface area (Å²) in [4.78, 5) is 11.6. The summed E-state index contributed by atoms with van der Waals surface area (Å²) < 4.78 is 33.2. The van der Waals surface area contributed by atoms with Crippen LogP contribution in [0.3, 0.4) is 0 Å². The average molecular weight is 410 g/mol. The van der Waals surface area contributed by atoms with Gasteiger partial charge in [-0.15, -0.1) is 0 Å². The first-order chi connectivity index (χ1) is 12.6. The molecule has 0 saturated carbocycles. The van der Waals surface area contributed by atoms with Crippen molar-refractivity contribution in [2.45, 2.75) is 37.5 Å². The van der Waals surface area contributed by atoms with E-state index in [2.05, 4.69) is 0 Å². The molecule has 0 radical (unpaired) electrons. The Labute approximate surface area is 188 Å². The van der Waals surface area contributed by atoms with Gasteiger partial charge in [0.05, 0.1) is 10.8 Å². The van der Waals surface area contributed by atoms with Crippen LogP contribution in [0.25, 0.3) is 0 Å². The molecule has 0 aliphatic heterocycles. The maximum Gasteiger partial charge on any atom is 1.00 e. The van der Waals surface area contributed by atoms with E-state index >= 15 is 0 Å². The van der Waals surface area contributed by atoms with Crippen molar-refractivity contribution < 1.29 is 52.4 Å². The van der Waals surface area contributed by atoms with Gasteiger partial charge in [-0.1, -0.05) is 68.0 Å². The van der Waals surface area contributed by atoms with Gasteiger partial charge < -0.3 is 9.66 Å². The molecule has 0 bridgehead atoms. The van der Waals surface area contributed by atoms with Crippen molar-refractivity contribution >= 4 is 16.1 Å². The molecule has 2 rings (SSSR count). The fourth-order valence-corrected chi connectivity index (χ4v) is 3.75. The van der Waals surface area contributed by atoms with Crippen molar-refractivity contribution in [3.05, 3.63) is 77.4 Å². The second kappa shape index (κ2) is 10.4. The molecule has 0 fully saturated rings. The second-order valence-corrected chi connectivity index (χ2v) is 8.12. The van der Waals surface area contributed by atoms with E-state index in [4.69, 9.17) is 0 Å². The quantitative estimate of drug-likeness (QED) is 0.420. The van der Waals surface area contributed by atoms with E-state index in [1.54, 1.807) is 13.8 Å². The molecule has 5 nitrogen and oxygen atoms in total. The molecule has 0 aliphatic rings. The molecule has 0 aromatic heterocycles. The van der Waals surface area contributed by atoms with Crippen molar-refractivity contribution in [2.75, 3.05) is 0 Å². The van der Waals surface area contributed by atoms with Gasteiger partial charge >= 0.3 is 35.5 Å². The third-order valence-corrected chi connectivity index (χ3v) is 5.64. The summed E-state index contributed by atoms with van der Waals surface area (Å²) in [5.41, 5.74) is 2.49. The fraction of sp³-hybridized carbons (Fsp3) is 0.286. The van der Waals surface area contributed by atoms with Crippen LogP contribution in [0.1, 0.15) is 43.7 Å². The minimum atomic E-state index is -4.52. The van der Waals surface area contributed by atoms with Gasteiger partial charge in [-0.2, -0.15) is 0 Å². The molecule has 7 heteroatoms.